The summed E-state index contributed by atoms with van der Waals surface area (Å²) in [6.07, 6.45) is 0.942. The van der Waals surface area contributed by atoms with Crippen molar-refractivity contribution in [2.75, 3.05) is 17.6 Å². The number of fused-ring (bicyclic) bond motifs is 1. The number of furan rings is 1. The van der Waals surface area contributed by atoms with Gasteiger partial charge in [-0.15, -0.1) is 0 Å². The number of carbonyl (C=O) groups excluding carboxylic acids is 2. The molecule has 0 spiro atoms. The van der Waals surface area contributed by atoms with Crippen LogP contribution >= 0.6 is 15.9 Å². The summed E-state index contributed by atoms with van der Waals surface area (Å²) < 4.78 is 37.5. The minimum atomic E-state index is -4.16. The van der Waals surface area contributed by atoms with Gasteiger partial charge in [-0.2, -0.15) is 8.42 Å². The van der Waals surface area contributed by atoms with Gasteiger partial charge in [-0.1, -0.05) is 58.4 Å². The minimum absolute atomic E-state index is 0.133. The van der Waals surface area contributed by atoms with E-state index in [1.165, 1.54) is 0 Å². The highest BCUT2D eigenvalue weighted by molar-refractivity contribution is 9.10. The molecule has 4 aromatic carbocycles. The van der Waals surface area contributed by atoms with Gasteiger partial charge in [-0.3, -0.25) is 14.1 Å². The summed E-state index contributed by atoms with van der Waals surface area (Å²) in [4.78, 5) is 25.9. The molecule has 0 saturated heterocycles. The van der Waals surface area contributed by atoms with Crippen molar-refractivity contribution in [3.63, 3.8) is 0 Å². The van der Waals surface area contributed by atoms with E-state index in [-0.39, 0.29) is 12.5 Å². The fourth-order valence-corrected chi connectivity index (χ4v) is 5.35. The van der Waals surface area contributed by atoms with Gasteiger partial charge in [0.1, 0.15) is 11.3 Å². The van der Waals surface area contributed by atoms with Crippen LogP contribution in [0.5, 0.6) is 0 Å². The summed E-state index contributed by atoms with van der Waals surface area (Å²) >= 11 is 3.45. The van der Waals surface area contributed by atoms with Gasteiger partial charge in [0.15, 0.2) is 0 Å². The highest BCUT2D eigenvalue weighted by atomic mass is 79.9. The molecule has 0 fully saturated rings. The first kappa shape index (κ1) is 30.2. The smallest absolute Gasteiger partial charge is 0.266 e. The average Bonchev–Trinajstić information content (AvgIpc) is 3.42. The van der Waals surface area contributed by atoms with E-state index in [1.807, 2.05) is 78.9 Å². The Kier molecular flexibility index (Phi) is 9.40. The molecule has 5 rings (SSSR count). The van der Waals surface area contributed by atoms with Crippen molar-refractivity contribution >= 4 is 54.5 Å². The molecule has 1 atom stereocenters. The zero-order chi connectivity index (χ0) is 30.4. The van der Waals surface area contributed by atoms with Crippen molar-refractivity contribution in [3.8, 4) is 11.3 Å². The fourth-order valence-electron chi connectivity index (χ4n) is 4.72. The SMILES string of the molecule is O=C(NCCS(=O)(=O)O)c1ccc(CC(Cc2ccc(Br)cc2)C(=O)Nc2ccc(-c3cc4ccccc4o3)cc2)cc1. The van der Waals surface area contributed by atoms with E-state index in [0.717, 1.165) is 37.9 Å². The lowest BCUT2D eigenvalue weighted by Gasteiger charge is -2.18. The monoisotopic (exact) mass is 660 g/mol. The molecule has 0 aliphatic carbocycles. The molecular formula is C33H29BrN2O6S. The Morgan fingerprint density at radius 3 is 2.09 bits per heavy atom. The summed E-state index contributed by atoms with van der Waals surface area (Å²) in [5.74, 6) is -0.794. The first-order valence-corrected chi connectivity index (χ1v) is 16.0. The maximum absolute atomic E-state index is 13.6. The molecule has 220 valence electrons. The maximum Gasteiger partial charge on any atom is 0.266 e. The van der Waals surface area contributed by atoms with Crippen LogP contribution in [0.1, 0.15) is 21.5 Å². The van der Waals surface area contributed by atoms with Crippen LogP contribution in [0.4, 0.5) is 5.69 Å². The van der Waals surface area contributed by atoms with Crippen molar-refractivity contribution in [3.05, 3.63) is 124 Å². The van der Waals surface area contributed by atoms with E-state index in [9.17, 15) is 18.0 Å². The van der Waals surface area contributed by atoms with Crippen LogP contribution in [-0.2, 0) is 27.8 Å². The summed E-state index contributed by atoms with van der Waals surface area (Å²) in [7, 11) is -4.16. The van der Waals surface area contributed by atoms with Gasteiger partial charge in [-0.05, 0) is 84.6 Å². The summed E-state index contributed by atoms with van der Waals surface area (Å²) in [5, 5.41) is 6.54. The second-order valence-electron chi connectivity index (χ2n) is 10.2. The largest absolute Gasteiger partial charge is 0.456 e. The molecule has 1 heterocycles. The van der Waals surface area contributed by atoms with Crippen LogP contribution in [0.15, 0.2) is 112 Å². The van der Waals surface area contributed by atoms with Crippen LogP contribution in [0, 0.1) is 5.92 Å². The Morgan fingerprint density at radius 2 is 1.47 bits per heavy atom. The van der Waals surface area contributed by atoms with Crippen molar-refractivity contribution < 1.29 is 27.0 Å². The third-order valence-corrected chi connectivity index (χ3v) is 8.22. The number of para-hydroxylation sites is 1. The number of rotatable bonds is 11. The molecule has 0 radical (unpaired) electrons. The lowest BCUT2D eigenvalue weighted by molar-refractivity contribution is -0.119. The maximum atomic E-state index is 13.6. The van der Waals surface area contributed by atoms with Gasteiger partial charge in [0.05, 0.1) is 5.75 Å². The van der Waals surface area contributed by atoms with Crippen molar-refractivity contribution in [1.29, 1.82) is 0 Å². The van der Waals surface area contributed by atoms with Crippen molar-refractivity contribution in [2.45, 2.75) is 12.8 Å². The van der Waals surface area contributed by atoms with Crippen molar-refractivity contribution in [1.82, 2.24) is 5.32 Å². The molecule has 10 heteroatoms. The second kappa shape index (κ2) is 13.4. The highest BCUT2D eigenvalue weighted by Crippen LogP contribution is 2.29. The number of hydrogen-bond donors (Lipinski definition) is 3. The fraction of sp³-hybridized carbons (Fsp3) is 0.152. The van der Waals surface area contributed by atoms with Crippen LogP contribution in [0.2, 0.25) is 0 Å². The molecule has 1 unspecified atom stereocenters. The molecule has 5 aromatic rings. The number of carbonyl (C=O) groups is 2. The molecule has 2 amide bonds. The number of nitrogens with one attached hydrogen (secondary N) is 2. The second-order valence-corrected chi connectivity index (χ2v) is 12.7. The van der Waals surface area contributed by atoms with Gasteiger partial charge >= 0.3 is 0 Å². The van der Waals surface area contributed by atoms with Gasteiger partial charge < -0.3 is 15.1 Å². The molecule has 8 nitrogen and oxygen atoms in total. The summed E-state index contributed by atoms with van der Waals surface area (Å²) in [6.45, 7) is -0.200. The number of hydrogen-bond acceptors (Lipinski definition) is 5. The predicted octanol–water partition coefficient (Wildman–Crippen LogP) is 6.52. The number of amides is 2. The third kappa shape index (κ3) is 8.41. The standard InChI is InChI=1S/C33H29BrN2O6S/c34-28-13-7-23(8-14-28)20-27(19-22-5-9-25(10-6-22)32(37)35-17-18-43(39,40)41)33(38)36-29-15-11-24(12-16-29)31-21-26-3-1-2-4-30(26)42-31/h1-16,21,27H,17-20H2,(H,35,37)(H,36,38)(H,39,40,41). The zero-order valence-corrected chi connectivity index (χ0v) is 25.4. The lowest BCUT2D eigenvalue weighted by atomic mass is 9.91. The molecule has 0 saturated carbocycles. The van der Waals surface area contributed by atoms with Gasteiger partial charge in [0.25, 0.3) is 16.0 Å². The topological polar surface area (TPSA) is 126 Å². The van der Waals surface area contributed by atoms with E-state index in [4.69, 9.17) is 8.97 Å². The Hall–Kier alpha value is -4.25. The number of halogens is 1. The van der Waals surface area contributed by atoms with Crippen LogP contribution in [0.3, 0.4) is 0 Å². The molecular weight excluding hydrogens is 632 g/mol. The molecule has 0 aliphatic heterocycles. The molecule has 43 heavy (non-hydrogen) atoms. The third-order valence-electron chi connectivity index (χ3n) is 6.97. The first-order valence-electron chi connectivity index (χ1n) is 13.6. The van der Waals surface area contributed by atoms with Crippen LogP contribution < -0.4 is 10.6 Å². The molecule has 0 bridgehead atoms. The molecule has 3 N–H and O–H groups in total. The Labute approximate surface area is 258 Å². The van der Waals surface area contributed by atoms with E-state index in [0.29, 0.717) is 24.1 Å². The minimum Gasteiger partial charge on any atom is -0.456 e. The van der Waals surface area contributed by atoms with E-state index in [2.05, 4.69) is 26.6 Å². The average molecular weight is 662 g/mol. The predicted molar refractivity (Wildman–Crippen MR) is 171 cm³/mol. The van der Waals surface area contributed by atoms with E-state index >= 15 is 0 Å². The van der Waals surface area contributed by atoms with Gasteiger partial charge in [0, 0.05) is 39.1 Å². The Bertz CT molecular complexity index is 1800. The van der Waals surface area contributed by atoms with Crippen molar-refractivity contribution in [2.24, 2.45) is 5.92 Å². The summed E-state index contributed by atoms with van der Waals surface area (Å²) in [5.41, 5.74) is 4.62. The molecule has 0 aliphatic rings. The van der Waals surface area contributed by atoms with E-state index < -0.39 is 27.7 Å². The zero-order valence-electron chi connectivity index (χ0n) is 23.0. The van der Waals surface area contributed by atoms with E-state index in [1.54, 1.807) is 24.3 Å². The first-order chi connectivity index (χ1) is 20.6. The number of benzene rings is 4. The Balaban J connectivity index is 1.28. The lowest BCUT2D eigenvalue weighted by Crippen LogP contribution is -2.29. The molecule has 1 aromatic heterocycles. The van der Waals surface area contributed by atoms with Gasteiger partial charge in [-0.25, -0.2) is 0 Å². The highest BCUT2D eigenvalue weighted by Gasteiger charge is 2.21. The van der Waals surface area contributed by atoms with Crippen LogP contribution in [0.25, 0.3) is 22.3 Å². The normalized spacial score (nSPS) is 12.1. The quantitative estimate of drug-likeness (QED) is 0.139. The number of anilines is 1. The summed E-state index contributed by atoms with van der Waals surface area (Å²) in [6, 6.07) is 32.0. The van der Waals surface area contributed by atoms with Crippen LogP contribution in [-0.4, -0.2) is 37.1 Å². The van der Waals surface area contributed by atoms with Gasteiger partial charge in [0.2, 0.25) is 5.91 Å². The Morgan fingerprint density at radius 1 is 0.837 bits per heavy atom.